The van der Waals surface area contributed by atoms with E-state index in [1.165, 1.54) is 28.1 Å². The van der Waals surface area contributed by atoms with Crippen molar-refractivity contribution in [3.05, 3.63) is 82.0 Å². The fraction of sp³-hybridized carbons (Fsp3) is 0.585. The van der Waals surface area contributed by atoms with E-state index in [2.05, 4.69) is 65.0 Å². The number of rotatable bonds is 21. The Hall–Kier alpha value is -2.42. The van der Waals surface area contributed by atoms with E-state index in [4.69, 9.17) is 18.9 Å². The summed E-state index contributed by atoms with van der Waals surface area (Å²) in [4.78, 5) is 17.1. The molecule has 0 aliphatic heterocycles. The number of aryl methyl sites for hydroxylation is 1. The van der Waals surface area contributed by atoms with E-state index in [0.29, 0.717) is 33.0 Å². The smallest absolute Gasteiger partial charge is 0.151 e. The molecule has 2 aromatic carbocycles. The van der Waals surface area contributed by atoms with Gasteiger partial charge in [0.1, 0.15) is 11.9 Å². The minimum absolute atomic E-state index is 0.120. The van der Waals surface area contributed by atoms with Gasteiger partial charge in [0.05, 0.1) is 30.7 Å². The average molecular weight is 681 g/mol. The molecular weight excluding hydrogens is 624 g/mol. The highest BCUT2D eigenvalue weighted by molar-refractivity contribution is 7.15. The first-order valence-corrected chi connectivity index (χ1v) is 19.1. The molecule has 0 radical (unpaired) electrons. The fourth-order valence-corrected chi connectivity index (χ4v) is 7.37. The molecule has 1 heterocycles. The molecule has 1 aliphatic rings. The van der Waals surface area contributed by atoms with E-state index in [1.54, 1.807) is 11.3 Å². The molecule has 3 aromatic rings. The van der Waals surface area contributed by atoms with E-state index in [-0.39, 0.29) is 17.7 Å². The van der Waals surface area contributed by atoms with Crippen LogP contribution in [0, 0.1) is 18.7 Å². The summed E-state index contributed by atoms with van der Waals surface area (Å²) in [5.74, 6) is -1.04. The highest BCUT2D eigenvalue weighted by atomic mass is 32.1. The number of hydrogen-bond donors (Lipinski definition) is 0. The van der Waals surface area contributed by atoms with Crippen molar-refractivity contribution in [1.82, 2.24) is 0 Å². The van der Waals surface area contributed by atoms with Gasteiger partial charge in [0.2, 0.25) is 0 Å². The normalized spacial score (nSPS) is 21.2. The molecule has 264 valence electrons. The largest absolute Gasteiger partial charge is 0.381 e. The second kappa shape index (κ2) is 20.3. The topological polar surface area (TPSA) is 54.0 Å². The monoisotopic (exact) mass is 680 g/mol. The predicted molar refractivity (Wildman–Crippen MR) is 195 cm³/mol. The Morgan fingerprint density at radius 3 is 1.96 bits per heavy atom. The van der Waals surface area contributed by atoms with Gasteiger partial charge in [-0.2, -0.15) is 0 Å². The second-order valence-electron chi connectivity index (χ2n) is 13.1. The number of Topliss-reactive ketones (excluding diaryl/α,β-unsaturated/α-hetero) is 1. The van der Waals surface area contributed by atoms with E-state index in [9.17, 15) is 9.18 Å². The van der Waals surface area contributed by atoms with Crippen LogP contribution in [0.2, 0.25) is 0 Å². The van der Waals surface area contributed by atoms with Crippen molar-refractivity contribution in [2.75, 3.05) is 33.0 Å². The van der Waals surface area contributed by atoms with Gasteiger partial charge in [-0.05, 0) is 79.1 Å². The first-order chi connectivity index (χ1) is 23.4. The van der Waals surface area contributed by atoms with Gasteiger partial charge in [0.25, 0.3) is 0 Å². The Labute approximate surface area is 292 Å². The van der Waals surface area contributed by atoms with Gasteiger partial charge >= 0.3 is 0 Å². The molecule has 4 rings (SSSR count). The lowest BCUT2D eigenvalue weighted by atomic mass is 9.71. The maximum atomic E-state index is 14.8. The van der Waals surface area contributed by atoms with Gasteiger partial charge in [-0.1, -0.05) is 83.7 Å². The number of benzene rings is 2. The number of halogens is 1. The van der Waals surface area contributed by atoms with Crippen LogP contribution < -0.4 is 0 Å². The quantitative estimate of drug-likeness (QED) is 0.105. The van der Waals surface area contributed by atoms with Crippen LogP contribution in [0.5, 0.6) is 0 Å². The van der Waals surface area contributed by atoms with Crippen LogP contribution in [0.15, 0.2) is 54.6 Å². The molecule has 48 heavy (non-hydrogen) atoms. The maximum absolute atomic E-state index is 14.8. The van der Waals surface area contributed by atoms with Crippen LogP contribution >= 0.6 is 11.3 Å². The summed E-state index contributed by atoms with van der Waals surface area (Å²) in [6.45, 7) is 13.4. The molecule has 1 fully saturated rings. The molecule has 0 bridgehead atoms. The van der Waals surface area contributed by atoms with E-state index < -0.39 is 24.0 Å². The molecule has 5 nitrogen and oxygen atoms in total. The van der Waals surface area contributed by atoms with Gasteiger partial charge in [0, 0.05) is 42.6 Å². The summed E-state index contributed by atoms with van der Waals surface area (Å²) in [6, 6.07) is 17.4. The van der Waals surface area contributed by atoms with Crippen LogP contribution in [0.1, 0.15) is 107 Å². The molecular formula is C41H57FO5S. The van der Waals surface area contributed by atoms with Gasteiger partial charge in [-0.15, -0.1) is 11.3 Å². The first-order valence-electron chi connectivity index (χ1n) is 18.3. The summed E-state index contributed by atoms with van der Waals surface area (Å²) in [5, 5.41) is 0. The lowest BCUT2D eigenvalue weighted by Gasteiger charge is -2.45. The lowest BCUT2D eigenvalue weighted by molar-refractivity contribution is -0.193. The molecule has 0 N–H and O–H groups in total. The first kappa shape index (κ1) is 38.4. The number of unbranched alkanes of at least 4 members (excludes halogenated alkanes) is 4. The van der Waals surface area contributed by atoms with Crippen molar-refractivity contribution in [2.45, 2.75) is 117 Å². The highest BCUT2D eigenvalue weighted by Crippen LogP contribution is 2.40. The third-order valence-electron chi connectivity index (χ3n) is 9.30. The highest BCUT2D eigenvalue weighted by Gasteiger charge is 2.52. The second-order valence-corrected chi connectivity index (χ2v) is 14.3. The van der Waals surface area contributed by atoms with Gasteiger partial charge in [0.15, 0.2) is 5.78 Å². The Kier molecular flexibility index (Phi) is 16.2. The Morgan fingerprint density at radius 1 is 0.708 bits per heavy atom. The molecule has 1 aromatic heterocycles. The van der Waals surface area contributed by atoms with Crippen LogP contribution in [-0.4, -0.2) is 57.1 Å². The zero-order valence-corrected chi connectivity index (χ0v) is 30.6. The van der Waals surface area contributed by atoms with Crippen molar-refractivity contribution in [3.8, 4) is 10.4 Å². The molecule has 0 spiro atoms. The minimum Gasteiger partial charge on any atom is -0.381 e. The zero-order chi connectivity index (χ0) is 34.3. The van der Waals surface area contributed by atoms with Gasteiger partial charge in [-0.25, -0.2) is 4.39 Å². The SMILES string of the molecule is CCCCOC[C@H]1C(=O)C(c2ccc(C)c(Cc3ccc(-c4ccc(F)cc4)s3)c2)[C@H](OCCCC)[C@@H](OCCCC)[C@@H]1OCCCC. The standard InChI is InChI=1S/C41H57FO5S/c1-6-10-22-44-28-35-38(43)37(40(46-24-12-8-3)41(47-25-13-9-4)39(35)45-23-11-7-2)31-15-14-29(5)32(26-31)27-34-20-21-36(48-34)30-16-18-33(42)19-17-30/h14-21,26,35,37,39-41H,6-13,22-25,27-28H2,1-5H3/t35-,37?,39+,40-,41-/m0/s1. The predicted octanol–water partition coefficient (Wildman–Crippen LogP) is 10.1. The molecule has 0 amide bonds. The van der Waals surface area contributed by atoms with Crippen molar-refractivity contribution < 1.29 is 28.1 Å². The number of carbonyl (C=O) groups excluding carboxylic acids is 1. The van der Waals surface area contributed by atoms with Gasteiger partial charge < -0.3 is 18.9 Å². The Morgan fingerprint density at radius 2 is 1.31 bits per heavy atom. The molecule has 1 aliphatic carbocycles. The summed E-state index contributed by atoms with van der Waals surface area (Å²) in [6.07, 6.45) is 7.29. The average Bonchev–Trinajstić information content (AvgIpc) is 3.55. The molecule has 0 saturated heterocycles. The zero-order valence-electron chi connectivity index (χ0n) is 29.8. The minimum atomic E-state index is -0.489. The number of thiophene rings is 1. The van der Waals surface area contributed by atoms with Crippen molar-refractivity contribution in [1.29, 1.82) is 0 Å². The number of carbonyl (C=O) groups is 1. The number of ketones is 1. The third kappa shape index (κ3) is 10.5. The van der Waals surface area contributed by atoms with Crippen molar-refractivity contribution in [2.24, 2.45) is 5.92 Å². The number of hydrogen-bond acceptors (Lipinski definition) is 6. The maximum Gasteiger partial charge on any atom is 0.151 e. The van der Waals surface area contributed by atoms with Crippen molar-refractivity contribution in [3.63, 3.8) is 0 Å². The van der Waals surface area contributed by atoms with Crippen LogP contribution in [0.25, 0.3) is 10.4 Å². The fourth-order valence-electron chi connectivity index (χ4n) is 6.34. The molecule has 5 atom stereocenters. The van der Waals surface area contributed by atoms with Crippen LogP contribution in [0.3, 0.4) is 0 Å². The molecule has 1 saturated carbocycles. The van der Waals surface area contributed by atoms with E-state index >= 15 is 0 Å². The number of ether oxygens (including phenoxy) is 4. The van der Waals surface area contributed by atoms with E-state index in [1.807, 2.05) is 12.1 Å². The van der Waals surface area contributed by atoms with Crippen molar-refractivity contribution >= 4 is 17.1 Å². The van der Waals surface area contributed by atoms with Crippen LogP contribution in [0.4, 0.5) is 4.39 Å². The third-order valence-corrected chi connectivity index (χ3v) is 10.4. The summed E-state index contributed by atoms with van der Waals surface area (Å²) < 4.78 is 39.6. The van der Waals surface area contributed by atoms with Crippen LogP contribution in [-0.2, 0) is 30.2 Å². The summed E-state index contributed by atoms with van der Waals surface area (Å²) in [7, 11) is 0. The molecule has 7 heteroatoms. The van der Waals surface area contributed by atoms with Gasteiger partial charge in [-0.3, -0.25) is 4.79 Å². The Bertz CT molecular complexity index is 1370. The summed E-state index contributed by atoms with van der Waals surface area (Å²) >= 11 is 1.72. The lowest BCUT2D eigenvalue weighted by Crippen LogP contribution is -2.59. The molecule has 1 unspecified atom stereocenters. The van der Waals surface area contributed by atoms with E-state index in [0.717, 1.165) is 73.8 Å². The summed E-state index contributed by atoms with van der Waals surface area (Å²) in [5.41, 5.74) is 4.33. The Balaban J connectivity index is 1.70.